The van der Waals surface area contributed by atoms with Crippen LogP contribution in [0.4, 0.5) is 0 Å². The molecular weight excluding hydrogens is 234 g/mol. The molecule has 0 radical (unpaired) electrons. The number of rotatable bonds is 5. The third-order valence-corrected chi connectivity index (χ3v) is 3.21. The van der Waals surface area contributed by atoms with Crippen LogP contribution in [-0.2, 0) is 14.4 Å². The van der Waals surface area contributed by atoms with E-state index in [1.54, 1.807) is 0 Å². The number of carbonyl (C=O) groups excluding carboxylic acids is 1. The molecule has 0 aliphatic carbocycles. The Morgan fingerprint density at radius 3 is 2.50 bits per heavy atom. The minimum atomic E-state index is -0.992. The molecule has 0 aromatic heterocycles. The molecule has 0 spiro atoms. The fourth-order valence-electron chi connectivity index (χ4n) is 1.63. The van der Waals surface area contributed by atoms with E-state index < -0.39 is 18.0 Å². The summed E-state index contributed by atoms with van der Waals surface area (Å²) in [5.41, 5.74) is 0. The van der Waals surface area contributed by atoms with E-state index >= 15 is 0 Å². The van der Waals surface area contributed by atoms with Crippen LogP contribution in [0.15, 0.2) is 0 Å². The number of carboxylic acids is 2. The molecule has 1 heterocycles. The van der Waals surface area contributed by atoms with Crippen LogP contribution in [0.1, 0.15) is 12.8 Å². The van der Waals surface area contributed by atoms with Crippen molar-refractivity contribution in [3.63, 3.8) is 0 Å². The second-order valence-electron chi connectivity index (χ2n) is 3.47. The first kappa shape index (κ1) is 12.8. The number of carboxylic acid groups (broad SMARTS) is 2. The maximum absolute atomic E-state index is 11.6. The van der Waals surface area contributed by atoms with Gasteiger partial charge in [-0.3, -0.25) is 9.59 Å². The number of likely N-dealkylation sites (tertiary alicyclic amines) is 1. The number of amides is 1. The Kier molecular flexibility index (Phi) is 4.60. The lowest BCUT2D eigenvalue weighted by atomic mass is 10.2. The summed E-state index contributed by atoms with van der Waals surface area (Å²) < 4.78 is 0. The zero-order valence-corrected chi connectivity index (χ0v) is 9.40. The highest BCUT2D eigenvalue weighted by molar-refractivity contribution is 8.00. The Morgan fingerprint density at radius 1 is 1.25 bits per heavy atom. The molecule has 0 bridgehead atoms. The van der Waals surface area contributed by atoms with Crippen LogP contribution in [0, 0.1) is 0 Å². The molecule has 1 amide bonds. The molecule has 90 valence electrons. The van der Waals surface area contributed by atoms with Gasteiger partial charge in [-0.05, 0) is 12.8 Å². The Morgan fingerprint density at radius 2 is 1.94 bits per heavy atom. The Hall–Kier alpha value is -1.24. The molecule has 0 aromatic rings. The van der Waals surface area contributed by atoms with Crippen LogP contribution in [0.3, 0.4) is 0 Å². The molecule has 0 unspecified atom stereocenters. The van der Waals surface area contributed by atoms with Crippen molar-refractivity contribution in [2.45, 2.75) is 18.9 Å². The van der Waals surface area contributed by atoms with Gasteiger partial charge in [-0.2, -0.15) is 0 Å². The largest absolute Gasteiger partial charge is 0.481 e. The summed E-state index contributed by atoms with van der Waals surface area (Å²) in [6.45, 7) is 0.448. The van der Waals surface area contributed by atoms with Gasteiger partial charge in [0, 0.05) is 6.54 Å². The first-order chi connectivity index (χ1) is 7.52. The number of carbonyl (C=O) groups is 3. The summed E-state index contributed by atoms with van der Waals surface area (Å²) >= 11 is 0.986. The molecule has 6 nitrogen and oxygen atoms in total. The monoisotopic (exact) mass is 247 g/mol. The molecule has 1 rings (SSSR count). The van der Waals surface area contributed by atoms with E-state index in [1.165, 1.54) is 4.90 Å². The molecule has 2 N–H and O–H groups in total. The average Bonchev–Trinajstić information content (AvgIpc) is 2.65. The smallest absolute Gasteiger partial charge is 0.326 e. The fraction of sp³-hybridized carbons (Fsp3) is 0.667. The molecule has 1 saturated heterocycles. The van der Waals surface area contributed by atoms with E-state index in [1.807, 2.05) is 0 Å². The molecule has 1 fully saturated rings. The number of aliphatic carboxylic acids is 2. The van der Waals surface area contributed by atoms with E-state index in [2.05, 4.69) is 0 Å². The SMILES string of the molecule is O=C(O)CSCC(=O)N1CCC[C@@H]1C(=O)O. The molecule has 7 heteroatoms. The van der Waals surface area contributed by atoms with Crippen molar-refractivity contribution in [3.8, 4) is 0 Å². The maximum atomic E-state index is 11.6. The molecule has 1 atom stereocenters. The van der Waals surface area contributed by atoms with Gasteiger partial charge in [-0.1, -0.05) is 0 Å². The summed E-state index contributed by atoms with van der Waals surface area (Å²) in [6.07, 6.45) is 1.16. The summed E-state index contributed by atoms with van der Waals surface area (Å²) in [4.78, 5) is 33.9. The zero-order valence-electron chi connectivity index (χ0n) is 8.59. The van der Waals surface area contributed by atoms with Crippen LogP contribution in [-0.4, -0.2) is 57.1 Å². The predicted molar refractivity (Wildman–Crippen MR) is 57.3 cm³/mol. The highest BCUT2D eigenvalue weighted by Gasteiger charge is 2.33. The minimum Gasteiger partial charge on any atom is -0.481 e. The molecule has 0 aromatic carbocycles. The lowest BCUT2D eigenvalue weighted by molar-refractivity contribution is -0.147. The number of hydrogen-bond donors (Lipinski definition) is 2. The topological polar surface area (TPSA) is 94.9 Å². The van der Waals surface area contributed by atoms with Gasteiger partial charge in [-0.25, -0.2) is 4.79 Å². The van der Waals surface area contributed by atoms with Gasteiger partial charge in [0.1, 0.15) is 6.04 Å². The van der Waals surface area contributed by atoms with Gasteiger partial charge in [-0.15, -0.1) is 11.8 Å². The summed E-state index contributed by atoms with van der Waals surface area (Å²) in [5.74, 6) is -2.38. The lowest BCUT2D eigenvalue weighted by Crippen LogP contribution is -2.41. The van der Waals surface area contributed by atoms with Gasteiger partial charge in [0.25, 0.3) is 0 Å². The maximum Gasteiger partial charge on any atom is 0.326 e. The second-order valence-corrected chi connectivity index (χ2v) is 4.46. The average molecular weight is 247 g/mol. The predicted octanol–water partition coefficient (Wildman–Crippen LogP) is -0.120. The van der Waals surface area contributed by atoms with E-state index in [0.29, 0.717) is 19.4 Å². The Labute approximate surface area is 96.6 Å². The Bertz CT molecular complexity index is 306. The van der Waals surface area contributed by atoms with Crippen LogP contribution in [0.25, 0.3) is 0 Å². The lowest BCUT2D eigenvalue weighted by Gasteiger charge is -2.20. The van der Waals surface area contributed by atoms with Crippen molar-refractivity contribution in [3.05, 3.63) is 0 Å². The van der Waals surface area contributed by atoms with E-state index in [0.717, 1.165) is 11.8 Å². The van der Waals surface area contributed by atoms with Crippen molar-refractivity contribution in [1.82, 2.24) is 4.90 Å². The quantitative estimate of drug-likeness (QED) is 0.703. The second kappa shape index (κ2) is 5.74. The standard InChI is InChI=1S/C9H13NO5S/c11-7(4-16-5-8(12)13)10-3-1-2-6(10)9(14)15/h6H,1-5H2,(H,12,13)(H,14,15)/t6-/m1/s1. The van der Waals surface area contributed by atoms with E-state index in [9.17, 15) is 14.4 Å². The van der Waals surface area contributed by atoms with E-state index in [4.69, 9.17) is 10.2 Å². The van der Waals surface area contributed by atoms with Crippen molar-refractivity contribution < 1.29 is 24.6 Å². The van der Waals surface area contributed by atoms with Crippen molar-refractivity contribution in [2.75, 3.05) is 18.1 Å². The normalized spacial score (nSPS) is 19.8. The Balaban J connectivity index is 2.41. The van der Waals surface area contributed by atoms with Gasteiger partial charge in [0.2, 0.25) is 5.91 Å². The summed E-state index contributed by atoms with van der Waals surface area (Å²) in [6, 6.07) is -0.738. The molecule has 1 aliphatic heterocycles. The van der Waals surface area contributed by atoms with Gasteiger partial charge >= 0.3 is 11.9 Å². The highest BCUT2D eigenvalue weighted by atomic mass is 32.2. The van der Waals surface area contributed by atoms with Crippen LogP contribution in [0.5, 0.6) is 0 Å². The van der Waals surface area contributed by atoms with E-state index in [-0.39, 0.29) is 17.4 Å². The first-order valence-corrected chi connectivity index (χ1v) is 5.99. The van der Waals surface area contributed by atoms with Gasteiger partial charge < -0.3 is 15.1 Å². The first-order valence-electron chi connectivity index (χ1n) is 4.84. The van der Waals surface area contributed by atoms with Crippen molar-refractivity contribution in [2.24, 2.45) is 0 Å². The third-order valence-electron chi connectivity index (χ3n) is 2.31. The highest BCUT2D eigenvalue weighted by Crippen LogP contribution is 2.18. The number of nitrogens with zero attached hydrogens (tertiary/aromatic N) is 1. The van der Waals surface area contributed by atoms with Crippen LogP contribution >= 0.6 is 11.8 Å². The number of thioether (sulfide) groups is 1. The van der Waals surface area contributed by atoms with Gasteiger partial charge in [0.15, 0.2) is 0 Å². The van der Waals surface area contributed by atoms with Crippen molar-refractivity contribution >= 4 is 29.6 Å². The molecule has 1 aliphatic rings. The molecule has 0 saturated carbocycles. The zero-order chi connectivity index (χ0) is 12.1. The van der Waals surface area contributed by atoms with Crippen LogP contribution in [0.2, 0.25) is 0 Å². The third kappa shape index (κ3) is 3.41. The minimum absolute atomic E-state index is 0.0239. The van der Waals surface area contributed by atoms with Gasteiger partial charge in [0.05, 0.1) is 11.5 Å². The van der Waals surface area contributed by atoms with Crippen LogP contribution < -0.4 is 0 Å². The number of hydrogen-bond acceptors (Lipinski definition) is 4. The fourth-order valence-corrected chi connectivity index (χ4v) is 2.25. The van der Waals surface area contributed by atoms with Crippen molar-refractivity contribution in [1.29, 1.82) is 0 Å². The molecular formula is C9H13NO5S. The molecule has 16 heavy (non-hydrogen) atoms. The summed E-state index contributed by atoms with van der Waals surface area (Å²) in [5, 5.41) is 17.2. The summed E-state index contributed by atoms with van der Waals surface area (Å²) in [7, 11) is 0.